The summed E-state index contributed by atoms with van der Waals surface area (Å²) in [5.74, 6) is -0.621. The van der Waals surface area contributed by atoms with Gasteiger partial charge in [-0.1, -0.05) is 11.6 Å². The highest BCUT2D eigenvalue weighted by Gasteiger charge is 2.48. The van der Waals surface area contributed by atoms with E-state index in [-0.39, 0.29) is 6.10 Å². The molecule has 1 fully saturated rings. The SMILES string of the molecule is Cc1cc(Cl)nc2c1CCC21OC[C@@H](C)O1. The van der Waals surface area contributed by atoms with Crippen LogP contribution in [0.5, 0.6) is 0 Å². The van der Waals surface area contributed by atoms with Gasteiger partial charge in [-0.2, -0.15) is 0 Å². The number of hydrogen-bond acceptors (Lipinski definition) is 3. The summed E-state index contributed by atoms with van der Waals surface area (Å²) in [5, 5.41) is 0.518. The van der Waals surface area contributed by atoms with Gasteiger partial charge in [-0.15, -0.1) is 0 Å². The van der Waals surface area contributed by atoms with E-state index in [4.69, 9.17) is 21.1 Å². The van der Waals surface area contributed by atoms with Gasteiger partial charge in [0.15, 0.2) is 0 Å². The zero-order valence-corrected chi connectivity index (χ0v) is 10.2. The van der Waals surface area contributed by atoms with E-state index in [9.17, 15) is 0 Å². The van der Waals surface area contributed by atoms with Crippen molar-refractivity contribution in [1.82, 2.24) is 4.98 Å². The summed E-state index contributed by atoms with van der Waals surface area (Å²) < 4.78 is 11.7. The summed E-state index contributed by atoms with van der Waals surface area (Å²) >= 11 is 6.00. The minimum absolute atomic E-state index is 0.132. The molecule has 0 amide bonds. The molecular weight excluding hydrogens is 226 g/mol. The number of nitrogens with zero attached hydrogens (tertiary/aromatic N) is 1. The molecule has 16 heavy (non-hydrogen) atoms. The molecule has 0 radical (unpaired) electrons. The number of fused-ring (bicyclic) bond motifs is 2. The van der Waals surface area contributed by atoms with Gasteiger partial charge in [-0.05, 0) is 37.5 Å². The molecule has 1 aromatic rings. The largest absolute Gasteiger partial charge is 0.342 e. The third-order valence-corrected chi connectivity index (χ3v) is 3.52. The predicted molar refractivity (Wildman–Crippen MR) is 60.5 cm³/mol. The maximum atomic E-state index is 6.00. The summed E-state index contributed by atoms with van der Waals surface area (Å²) in [6.07, 6.45) is 1.94. The maximum Gasteiger partial charge on any atom is 0.213 e. The first-order chi connectivity index (χ1) is 7.61. The molecule has 1 spiro atoms. The molecule has 2 atom stereocenters. The van der Waals surface area contributed by atoms with E-state index >= 15 is 0 Å². The summed E-state index contributed by atoms with van der Waals surface area (Å²) in [4.78, 5) is 4.40. The molecule has 3 rings (SSSR count). The lowest BCUT2D eigenvalue weighted by molar-refractivity contribution is -0.175. The topological polar surface area (TPSA) is 31.4 Å². The maximum absolute atomic E-state index is 6.00. The second-order valence-corrected chi connectivity index (χ2v) is 4.97. The molecule has 2 aliphatic rings. The second kappa shape index (κ2) is 3.42. The lowest BCUT2D eigenvalue weighted by Crippen LogP contribution is -2.25. The van der Waals surface area contributed by atoms with Gasteiger partial charge in [0.2, 0.25) is 5.79 Å². The van der Waals surface area contributed by atoms with Crippen molar-refractivity contribution in [2.24, 2.45) is 0 Å². The number of aryl methyl sites for hydroxylation is 1. The Balaban J connectivity index is 2.12. The molecule has 0 N–H and O–H groups in total. The van der Waals surface area contributed by atoms with E-state index in [2.05, 4.69) is 11.9 Å². The fourth-order valence-corrected chi connectivity index (χ4v) is 2.85. The highest BCUT2D eigenvalue weighted by Crippen LogP contribution is 2.45. The normalized spacial score (nSPS) is 32.3. The van der Waals surface area contributed by atoms with Crippen LogP contribution in [-0.2, 0) is 21.7 Å². The van der Waals surface area contributed by atoms with Gasteiger partial charge in [-0.25, -0.2) is 4.98 Å². The summed E-state index contributed by atoms with van der Waals surface area (Å²) in [6.45, 7) is 4.71. The van der Waals surface area contributed by atoms with Gasteiger partial charge < -0.3 is 9.47 Å². The van der Waals surface area contributed by atoms with Crippen LogP contribution in [0, 0.1) is 6.92 Å². The average Bonchev–Trinajstić information content (AvgIpc) is 2.74. The fourth-order valence-electron chi connectivity index (χ4n) is 2.60. The van der Waals surface area contributed by atoms with E-state index in [0.717, 1.165) is 18.5 Å². The Hall–Kier alpha value is -0.640. The first kappa shape index (κ1) is 10.5. The van der Waals surface area contributed by atoms with Crippen LogP contribution >= 0.6 is 11.6 Å². The summed E-state index contributed by atoms with van der Waals surface area (Å²) in [5.41, 5.74) is 3.30. The van der Waals surface area contributed by atoms with Crippen molar-refractivity contribution in [3.63, 3.8) is 0 Å². The van der Waals surface area contributed by atoms with E-state index in [1.165, 1.54) is 11.1 Å². The lowest BCUT2D eigenvalue weighted by atomic mass is 10.1. The van der Waals surface area contributed by atoms with Crippen molar-refractivity contribution in [1.29, 1.82) is 0 Å². The van der Waals surface area contributed by atoms with Gasteiger partial charge >= 0.3 is 0 Å². The number of aromatic nitrogens is 1. The van der Waals surface area contributed by atoms with Crippen LogP contribution in [0.2, 0.25) is 5.15 Å². The van der Waals surface area contributed by atoms with Gasteiger partial charge in [0.05, 0.1) is 12.7 Å². The van der Waals surface area contributed by atoms with Gasteiger partial charge in [-0.3, -0.25) is 0 Å². The first-order valence-electron chi connectivity index (χ1n) is 5.59. The number of rotatable bonds is 0. The highest BCUT2D eigenvalue weighted by atomic mass is 35.5. The Morgan fingerprint density at radius 1 is 1.56 bits per heavy atom. The molecule has 1 unspecified atom stereocenters. The highest BCUT2D eigenvalue weighted by molar-refractivity contribution is 6.29. The Morgan fingerprint density at radius 2 is 2.38 bits per heavy atom. The molecule has 0 aromatic carbocycles. The van der Waals surface area contributed by atoms with Crippen molar-refractivity contribution in [3.05, 3.63) is 28.0 Å². The third kappa shape index (κ3) is 1.39. The molecule has 1 aromatic heterocycles. The van der Waals surface area contributed by atoms with Gasteiger partial charge in [0.25, 0.3) is 0 Å². The van der Waals surface area contributed by atoms with Crippen molar-refractivity contribution in [2.45, 2.75) is 38.6 Å². The first-order valence-corrected chi connectivity index (χ1v) is 5.97. The minimum Gasteiger partial charge on any atom is -0.342 e. The van der Waals surface area contributed by atoms with E-state index in [1.54, 1.807) is 0 Å². The quantitative estimate of drug-likeness (QED) is 0.652. The van der Waals surface area contributed by atoms with Gasteiger partial charge in [0, 0.05) is 6.42 Å². The summed E-state index contributed by atoms with van der Waals surface area (Å²) in [6, 6.07) is 1.90. The average molecular weight is 240 g/mol. The van der Waals surface area contributed by atoms with E-state index in [0.29, 0.717) is 11.8 Å². The van der Waals surface area contributed by atoms with Crippen LogP contribution in [0.1, 0.15) is 30.2 Å². The standard InChI is InChI=1S/C12H14ClNO2/c1-7-5-10(13)14-11-9(7)3-4-12(11)15-6-8(2)16-12/h5,8H,3-4,6H2,1-2H3/t8-,12?/m1/s1. The molecule has 0 saturated carbocycles. The number of halogens is 1. The lowest BCUT2D eigenvalue weighted by Gasteiger charge is -2.22. The molecule has 1 aliphatic heterocycles. The van der Waals surface area contributed by atoms with E-state index < -0.39 is 5.79 Å². The van der Waals surface area contributed by atoms with E-state index in [1.807, 2.05) is 13.0 Å². The molecule has 3 nitrogen and oxygen atoms in total. The Morgan fingerprint density at radius 3 is 3.06 bits per heavy atom. The number of ether oxygens (including phenoxy) is 2. The molecule has 2 heterocycles. The number of hydrogen-bond donors (Lipinski definition) is 0. The molecule has 1 saturated heterocycles. The number of pyridine rings is 1. The van der Waals surface area contributed by atoms with Crippen LogP contribution in [0.4, 0.5) is 0 Å². The third-order valence-electron chi connectivity index (χ3n) is 3.32. The zero-order valence-electron chi connectivity index (χ0n) is 9.42. The predicted octanol–water partition coefficient (Wildman–Crippen LogP) is 2.58. The molecule has 4 heteroatoms. The zero-order chi connectivity index (χ0) is 11.3. The Labute approximate surface area is 99.7 Å². The van der Waals surface area contributed by atoms with Crippen LogP contribution < -0.4 is 0 Å². The van der Waals surface area contributed by atoms with Crippen molar-refractivity contribution >= 4 is 11.6 Å². The second-order valence-electron chi connectivity index (χ2n) is 4.58. The van der Waals surface area contributed by atoms with Crippen molar-refractivity contribution in [3.8, 4) is 0 Å². The Bertz CT molecular complexity index is 449. The van der Waals surface area contributed by atoms with Gasteiger partial charge in [0.1, 0.15) is 10.8 Å². The molecule has 1 aliphatic carbocycles. The molecule has 86 valence electrons. The Kier molecular flexibility index (Phi) is 2.25. The van der Waals surface area contributed by atoms with Crippen LogP contribution in [0.15, 0.2) is 6.07 Å². The summed E-state index contributed by atoms with van der Waals surface area (Å²) in [7, 11) is 0. The van der Waals surface area contributed by atoms with Crippen LogP contribution in [-0.4, -0.2) is 17.7 Å². The van der Waals surface area contributed by atoms with Crippen LogP contribution in [0.25, 0.3) is 0 Å². The van der Waals surface area contributed by atoms with Crippen LogP contribution in [0.3, 0.4) is 0 Å². The fraction of sp³-hybridized carbons (Fsp3) is 0.583. The molecule has 0 bridgehead atoms. The molecular formula is C12H14ClNO2. The monoisotopic (exact) mass is 239 g/mol. The minimum atomic E-state index is -0.621. The smallest absolute Gasteiger partial charge is 0.213 e. The van der Waals surface area contributed by atoms with Crippen molar-refractivity contribution in [2.75, 3.05) is 6.61 Å². The van der Waals surface area contributed by atoms with Crippen molar-refractivity contribution < 1.29 is 9.47 Å².